The van der Waals surface area contributed by atoms with Gasteiger partial charge < -0.3 is 0 Å². The highest BCUT2D eigenvalue weighted by Gasteiger charge is 2.38. The Labute approximate surface area is 184 Å². The first-order valence-electron chi connectivity index (χ1n) is 10.8. The second-order valence-corrected chi connectivity index (χ2v) is 18.1. The molecule has 2 aromatic rings. The fourth-order valence-electron chi connectivity index (χ4n) is 4.58. The lowest BCUT2D eigenvalue weighted by molar-refractivity contribution is 0.569. The molecule has 2 aromatic carbocycles. The van der Waals surface area contributed by atoms with Crippen molar-refractivity contribution in [1.82, 2.24) is 0 Å². The van der Waals surface area contributed by atoms with Gasteiger partial charge in [-0.1, -0.05) is 102 Å². The van der Waals surface area contributed by atoms with Crippen LogP contribution in [0.25, 0.3) is 17.2 Å². The van der Waals surface area contributed by atoms with Crippen LogP contribution < -0.4 is 0 Å². The van der Waals surface area contributed by atoms with Crippen LogP contribution in [0.2, 0.25) is 13.1 Å². The summed E-state index contributed by atoms with van der Waals surface area (Å²) in [4.78, 5) is 0. The predicted octanol–water partition coefficient (Wildman–Crippen LogP) is 8.74. The summed E-state index contributed by atoms with van der Waals surface area (Å²) >= 11 is 6.98. The van der Waals surface area contributed by atoms with Crippen molar-refractivity contribution in [3.8, 4) is 11.1 Å². The molecule has 0 saturated heterocycles. The molecule has 0 heterocycles. The van der Waals surface area contributed by atoms with Crippen molar-refractivity contribution < 1.29 is 0 Å². The first-order chi connectivity index (χ1) is 13.1. The summed E-state index contributed by atoms with van der Waals surface area (Å²) in [5, 5.41) is 0. The molecule has 0 aliphatic heterocycles. The van der Waals surface area contributed by atoms with Gasteiger partial charge in [-0.05, 0) is 58.1 Å². The number of hydrogen-bond acceptors (Lipinski definition) is 0. The predicted molar refractivity (Wildman–Crippen MR) is 134 cm³/mol. The van der Waals surface area contributed by atoms with Gasteiger partial charge in [0.15, 0.2) is 7.38 Å². The van der Waals surface area contributed by atoms with Crippen LogP contribution in [0.1, 0.15) is 81.8 Å². The average Bonchev–Trinajstić information content (AvgIpc) is 2.87. The maximum atomic E-state index is 6.98. The van der Waals surface area contributed by atoms with E-state index < -0.39 is 7.38 Å². The van der Waals surface area contributed by atoms with Gasteiger partial charge in [0.2, 0.25) is 0 Å². The molecule has 0 radical (unpaired) electrons. The highest BCUT2D eigenvalue weighted by atomic mass is 35.6. The molecule has 0 N–H and O–H groups in total. The molecule has 1 aliphatic carbocycles. The third kappa shape index (κ3) is 4.42. The molecule has 0 bridgehead atoms. The number of halogens is 1. The van der Waals surface area contributed by atoms with Crippen LogP contribution in [0.3, 0.4) is 0 Å². The first-order valence-corrected chi connectivity index (χ1v) is 14.9. The zero-order valence-corrected chi connectivity index (χ0v) is 21.7. The van der Waals surface area contributed by atoms with Crippen LogP contribution in [0.4, 0.5) is 0 Å². The van der Waals surface area contributed by atoms with Gasteiger partial charge in [-0.3, -0.25) is 0 Å². The lowest BCUT2D eigenvalue weighted by atomic mass is 9.78. The summed E-state index contributed by atoms with van der Waals surface area (Å²) in [6.07, 6.45) is 2.40. The third-order valence-electron chi connectivity index (χ3n) is 6.16. The van der Waals surface area contributed by atoms with Crippen molar-refractivity contribution >= 4 is 24.5 Å². The molecule has 156 valence electrons. The lowest BCUT2D eigenvalue weighted by Gasteiger charge is -2.27. The molecule has 2 heteroatoms. The van der Waals surface area contributed by atoms with E-state index in [2.05, 4.69) is 105 Å². The van der Waals surface area contributed by atoms with Crippen molar-refractivity contribution in [2.45, 2.75) is 84.9 Å². The minimum Gasteiger partial charge on any atom is -0.167 e. The molecule has 0 amide bonds. The van der Waals surface area contributed by atoms with E-state index in [-0.39, 0.29) is 10.8 Å². The van der Waals surface area contributed by atoms with Crippen LogP contribution in [-0.4, -0.2) is 7.38 Å². The van der Waals surface area contributed by atoms with Crippen LogP contribution in [0, 0.1) is 6.92 Å². The fraction of sp³-hybridized carbons (Fsp3) is 0.481. The molecular formula is C27H37ClSi. The lowest BCUT2D eigenvalue weighted by Crippen LogP contribution is -2.28. The Morgan fingerprint density at radius 2 is 1.31 bits per heavy atom. The minimum absolute atomic E-state index is 0.113. The van der Waals surface area contributed by atoms with Gasteiger partial charge >= 0.3 is 0 Å². The molecule has 0 fully saturated rings. The standard InChI is InChI=1S/C27H37ClSi/c1-17-11-22(23-13-18(2)25(24(23)12-17)29(9,10)28)19-14-20(26(3,4)5)16-21(15-19)27(6,7)8/h11-16,25H,1-10H3. The molecule has 1 atom stereocenters. The molecule has 0 nitrogen and oxygen atoms in total. The van der Waals surface area contributed by atoms with Gasteiger partial charge in [0, 0.05) is 5.54 Å². The molecule has 29 heavy (non-hydrogen) atoms. The molecule has 0 spiro atoms. The van der Waals surface area contributed by atoms with Crippen molar-refractivity contribution in [2.75, 3.05) is 0 Å². The molecule has 3 rings (SSSR count). The third-order valence-corrected chi connectivity index (χ3v) is 8.95. The summed E-state index contributed by atoms with van der Waals surface area (Å²) in [7, 11) is -1.86. The summed E-state index contributed by atoms with van der Waals surface area (Å²) in [6, 6.07) is 11.9. The highest BCUT2D eigenvalue weighted by Crippen LogP contribution is 2.47. The topological polar surface area (TPSA) is 0 Å². The number of rotatable bonds is 2. The number of fused-ring (bicyclic) bond motifs is 1. The van der Waals surface area contributed by atoms with E-state index in [9.17, 15) is 0 Å². The van der Waals surface area contributed by atoms with E-state index in [0.717, 1.165) is 0 Å². The first kappa shape index (κ1) is 22.4. The van der Waals surface area contributed by atoms with E-state index in [1.54, 1.807) is 0 Å². The molecule has 1 aliphatic rings. The van der Waals surface area contributed by atoms with Crippen molar-refractivity contribution in [3.63, 3.8) is 0 Å². The van der Waals surface area contributed by atoms with E-state index in [0.29, 0.717) is 5.54 Å². The maximum absolute atomic E-state index is 6.98. The number of hydrogen-bond donors (Lipinski definition) is 0. The Morgan fingerprint density at radius 1 is 0.793 bits per heavy atom. The van der Waals surface area contributed by atoms with Crippen LogP contribution >= 0.6 is 11.1 Å². The average molecular weight is 425 g/mol. The molecular weight excluding hydrogens is 388 g/mol. The number of benzene rings is 2. The van der Waals surface area contributed by atoms with Gasteiger partial charge in [0.05, 0.1) is 0 Å². The summed E-state index contributed by atoms with van der Waals surface area (Å²) in [6.45, 7) is 22.9. The van der Waals surface area contributed by atoms with Gasteiger partial charge in [0.1, 0.15) is 0 Å². The molecule has 0 aromatic heterocycles. The second-order valence-electron chi connectivity index (χ2n) is 11.5. The van der Waals surface area contributed by atoms with Crippen LogP contribution in [-0.2, 0) is 10.8 Å². The smallest absolute Gasteiger partial charge is 0.161 e. The SMILES string of the molecule is CC1=Cc2c(-c3cc(C(C)(C)C)cc(C(C)(C)C)c3)cc(C)cc2C1[Si](C)(C)Cl. The van der Waals surface area contributed by atoms with E-state index in [4.69, 9.17) is 11.1 Å². The van der Waals surface area contributed by atoms with Gasteiger partial charge in [-0.2, -0.15) is 11.1 Å². The van der Waals surface area contributed by atoms with Crippen molar-refractivity contribution in [2.24, 2.45) is 0 Å². The Hall–Kier alpha value is -1.31. The number of aryl methyl sites for hydroxylation is 1. The fourth-order valence-corrected chi connectivity index (χ4v) is 7.59. The molecule has 0 saturated carbocycles. The zero-order valence-electron chi connectivity index (χ0n) is 19.9. The largest absolute Gasteiger partial charge is 0.167 e. The molecule has 1 unspecified atom stereocenters. The Morgan fingerprint density at radius 3 is 1.76 bits per heavy atom. The Bertz CT molecular complexity index is 943. The zero-order chi connectivity index (χ0) is 21.9. The quantitative estimate of drug-likeness (QED) is 0.333. The van der Waals surface area contributed by atoms with E-state index in [1.807, 2.05) is 0 Å². The summed E-state index contributed by atoms with van der Waals surface area (Å²) in [5.74, 6) is 0. The normalized spacial score (nSPS) is 17.3. The van der Waals surface area contributed by atoms with Gasteiger partial charge in [-0.25, -0.2) is 0 Å². The van der Waals surface area contributed by atoms with Crippen LogP contribution in [0.5, 0.6) is 0 Å². The Kier molecular flexibility index (Phi) is 5.50. The van der Waals surface area contributed by atoms with E-state index >= 15 is 0 Å². The van der Waals surface area contributed by atoms with Crippen molar-refractivity contribution in [3.05, 3.63) is 63.7 Å². The van der Waals surface area contributed by atoms with Crippen LogP contribution in [0.15, 0.2) is 35.9 Å². The summed E-state index contributed by atoms with van der Waals surface area (Å²) in [5.41, 5.74) is 11.7. The van der Waals surface area contributed by atoms with Crippen molar-refractivity contribution in [1.29, 1.82) is 0 Å². The van der Waals surface area contributed by atoms with E-state index in [1.165, 1.54) is 44.5 Å². The van der Waals surface area contributed by atoms with Gasteiger partial charge in [-0.15, -0.1) is 0 Å². The minimum atomic E-state index is -1.86. The van der Waals surface area contributed by atoms with Gasteiger partial charge in [0.25, 0.3) is 0 Å². The highest BCUT2D eigenvalue weighted by molar-refractivity contribution is 7.20. The summed E-state index contributed by atoms with van der Waals surface area (Å²) < 4.78 is 0. The second kappa shape index (κ2) is 7.13. The number of allylic oxidation sites excluding steroid dienone is 1. The monoisotopic (exact) mass is 424 g/mol. The maximum Gasteiger partial charge on any atom is 0.161 e. The Balaban J connectivity index is 2.31.